The number of nitrogens with one attached hydrogen (secondary N) is 1. The number of thiophene rings is 1. The van der Waals surface area contributed by atoms with E-state index in [4.69, 9.17) is 9.52 Å². The third kappa shape index (κ3) is 3.21. The number of aromatic carboxylic acids is 1. The summed E-state index contributed by atoms with van der Waals surface area (Å²) < 4.78 is 5.23. The van der Waals surface area contributed by atoms with Crippen LogP contribution in [0.1, 0.15) is 25.9 Å². The standard InChI is InChI=1S/C13H15NO3S/c1-9-10(7-12(18-9)13(15)16)8-14-5-4-11-3-2-6-17-11/h2-3,6-7,14H,4-5,8H2,1H3,(H,15,16). The van der Waals surface area contributed by atoms with Crippen molar-refractivity contribution in [1.29, 1.82) is 0 Å². The highest BCUT2D eigenvalue weighted by molar-refractivity contribution is 7.14. The van der Waals surface area contributed by atoms with Crippen LogP contribution >= 0.6 is 11.3 Å². The Morgan fingerprint density at radius 3 is 3.00 bits per heavy atom. The molecule has 0 spiro atoms. The number of rotatable bonds is 6. The summed E-state index contributed by atoms with van der Waals surface area (Å²) in [5.74, 6) is 0.0979. The number of aryl methyl sites for hydroxylation is 1. The van der Waals surface area contributed by atoms with Crippen molar-refractivity contribution in [2.75, 3.05) is 6.54 Å². The van der Waals surface area contributed by atoms with Crippen molar-refractivity contribution in [3.63, 3.8) is 0 Å². The summed E-state index contributed by atoms with van der Waals surface area (Å²) in [5.41, 5.74) is 1.05. The molecule has 0 aromatic carbocycles. The maximum absolute atomic E-state index is 10.8. The van der Waals surface area contributed by atoms with E-state index in [1.165, 1.54) is 11.3 Å². The van der Waals surface area contributed by atoms with E-state index in [0.29, 0.717) is 11.4 Å². The van der Waals surface area contributed by atoms with Gasteiger partial charge in [-0.3, -0.25) is 0 Å². The third-order valence-electron chi connectivity index (χ3n) is 2.68. The highest BCUT2D eigenvalue weighted by Gasteiger charge is 2.10. The van der Waals surface area contributed by atoms with Crippen LogP contribution in [0.2, 0.25) is 0 Å². The molecule has 2 N–H and O–H groups in total. The van der Waals surface area contributed by atoms with Gasteiger partial charge in [0.1, 0.15) is 10.6 Å². The highest BCUT2D eigenvalue weighted by Crippen LogP contribution is 2.21. The molecule has 0 atom stereocenters. The molecule has 0 aliphatic heterocycles. The zero-order chi connectivity index (χ0) is 13.0. The molecule has 2 rings (SSSR count). The second-order valence-corrected chi connectivity index (χ2v) is 5.26. The Kier molecular flexibility index (Phi) is 4.17. The Bertz CT molecular complexity index is 516. The molecule has 96 valence electrons. The van der Waals surface area contributed by atoms with Gasteiger partial charge in [0.05, 0.1) is 6.26 Å². The van der Waals surface area contributed by atoms with E-state index >= 15 is 0 Å². The van der Waals surface area contributed by atoms with Gasteiger partial charge in [-0.1, -0.05) is 0 Å². The largest absolute Gasteiger partial charge is 0.477 e. The lowest BCUT2D eigenvalue weighted by atomic mass is 10.2. The Hall–Kier alpha value is -1.59. The highest BCUT2D eigenvalue weighted by atomic mass is 32.1. The van der Waals surface area contributed by atoms with Gasteiger partial charge < -0.3 is 14.8 Å². The molecule has 5 heteroatoms. The molecule has 0 fully saturated rings. The summed E-state index contributed by atoms with van der Waals surface area (Å²) in [6, 6.07) is 5.56. The smallest absolute Gasteiger partial charge is 0.345 e. The molecule has 4 nitrogen and oxygen atoms in total. The van der Waals surface area contributed by atoms with E-state index in [9.17, 15) is 4.79 Å². The van der Waals surface area contributed by atoms with Gasteiger partial charge in [0.25, 0.3) is 0 Å². The fraction of sp³-hybridized carbons (Fsp3) is 0.308. The van der Waals surface area contributed by atoms with Gasteiger partial charge in [-0.25, -0.2) is 4.79 Å². The molecular formula is C13H15NO3S. The predicted molar refractivity (Wildman–Crippen MR) is 70.1 cm³/mol. The molecule has 0 amide bonds. The lowest BCUT2D eigenvalue weighted by Gasteiger charge is -2.02. The van der Waals surface area contributed by atoms with Gasteiger partial charge in [-0.2, -0.15) is 0 Å². The minimum atomic E-state index is -0.857. The van der Waals surface area contributed by atoms with Gasteiger partial charge >= 0.3 is 5.97 Å². The first-order valence-electron chi connectivity index (χ1n) is 5.72. The first-order chi connectivity index (χ1) is 8.66. The molecular weight excluding hydrogens is 250 g/mol. The van der Waals surface area contributed by atoms with Crippen LogP contribution in [-0.4, -0.2) is 17.6 Å². The maximum Gasteiger partial charge on any atom is 0.345 e. The summed E-state index contributed by atoms with van der Waals surface area (Å²) in [5, 5.41) is 12.2. The number of carbonyl (C=O) groups is 1. The normalized spacial score (nSPS) is 10.7. The zero-order valence-corrected chi connectivity index (χ0v) is 10.9. The fourth-order valence-corrected chi connectivity index (χ4v) is 2.57. The second kappa shape index (κ2) is 5.84. The Labute approximate surface area is 109 Å². The van der Waals surface area contributed by atoms with Crippen molar-refractivity contribution < 1.29 is 14.3 Å². The minimum Gasteiger partial charge on any atom is -0.477 e. The molecule has 2 aromatic rings. The lowest BCUT2D eigenvalue weighted by molar-refractivity contribution is 0.0702. The van der Waals surface area contributed by atoms with E-state index in [1.807, 2.05) is 19.1 Å². The van der Waals surface area contributed by atoms with Crippen molar-refractivity contribution in [3.05, 3.63) is 45.5 Å². The number of carboxylic acid groups (broad SMARTS) is 1. The van der Waals surface area contributed by atoms with Crippen molar-refractivity contribution in [2.45, 2.75) is 19.9 Å². The maximum atomic E-state index is 10.8. The van der Waals surface area contributed by atoms with E-state index < -0.39 is 5.97 Å². The molecule has 0 saturated carbocycles. The summed E-state index contributed by atoms with van der Waals surface area (Å²) >= 11 is 1.32. The average molecular weight is 265 g/mol. The van der Waals surface area contributed by atoms with Gasteiger partial charge in [0.15, 0.2) is 0 Å². The first-order valence-corrected chi connectivity index (χ1v) is 6.54. The molecule has 0 unspecified atom stereocenters. The summed E-state index contributed by atoms with van der Waals surface area (Å²) in [7, 11) is 0. The molecule has 0 radical (unpaired) electrons. The molecule has 0 bridgehead atoms. The summed E-state index contributed by atoms with van der Waals surface area (Å²) in [6.45, 7) is 3.45. The molecule has 2 heterocycles. The van der Waals surface area contributed by atoms with Gasteiger partial charge in [0, 0.05) is 24.4 Å². The van der Waals surface area contributed by atoms with Gasteiger partial charge in [-0.05, 0) is 30.7 Å². The number of carboxylic acids is 1. The van der Waals surface area contributed by atoms with Crippen LogP contribution in [-0.2, 0) is 13.0 Å². The molecule has 0 aliphatic carbocycles. The van der Waals surface area contributed by atoms with Crippen molar-refractivity contribution in [1.82, 2.24) is 5.32 Å². The summed E-state index contributed by atoms with van der Waals surface area (Å²) in [4.78, 5) is 12.3. The van der Waals surface area contributed by atoms with E-state index in [-0.39, 0.29) is 0 Å². The molecule has 2 aromatic heterocycles. The van der Waals surface area contributed by atoms with Gasteiger partial charge in [-0.15, -0.1) is 11.3 Å². The Morgan fingerprint density at radius 2 is 2.39 bits per heavy atom. The SMILES string of the molecule is Cc1sc(C(=O)O)cc1CNCCc1ccco1. The predicted octanol–water partition coefficient (Wildman–Crippen LogP) is 2.68. The quantitative estimate of drug-likeness (QED) is 0.788. The first kappa shape index (κ1) is 12.9. The van der Waals surface area contributed by atoms with Crippen LogP contribution in [0.25, 0.3) is 0 Å². The Balaban J connectivity index is 1.81. The van der Waals surface area contributed by atoms with Crippen molar-refractivity contribution in [3.8, 4) is 0 Å². The minimum absolute atomic E-state index is 0.398. The van der Waals surface area contributed by atoms with Crippen LogP contribution in [0.15, 0.2) is 28.9 Å². The van der Waals surface area contributed by atoms with Crippen LogP contribution in [0.4, 0.5) is 0 Å². The number of hydrogen-bond acceptors (Lipinski definition) is 4. The molecule has 18 heavy (non-hydrogen) atoms. The Morgan fingerprint density at radius 1 is 1.56 bits per heavy atom. The monoisotopic (exact) mass is 265 g/mol. The van der Waals surface area contributed by atoms with Crippen LogP contribution < -0.4 is 5.32 Å². The summed E-state index contributed by atoms with van der Waals surface area (Å²) in [6.07, 6.45) is 2.50. The lowest BCUT2D eigenvalue weighted by Crippen LogP contribution is -2.16. The van der Waals surface area contributed by atoms with Crippen LogP contribution in [0.5, 0.6) is 0 Å². The van der Waals surface area contributed by atoms with E-state index in [1.54, 1.807) is 12.3 Å². The van der Waals surface area contributed by atoms with Crippen LogP contribution in [0, 0.1) is 6.92 Å². The van der Waals surface area contributed by atoms with Gasteiger partial charge in [0.2, 0.25) is 0 Å². The zero-order valence-electron chi connectivity index (χ0n) is 10.1. The molecule has 0 saturated heterocycles. The topological polar surface area (TPSA) is 62.5 Å². The van der Waals surface area contributed by atoms with Crippen molar-refractivity contribution >= 4 is 17.3 Å². The molecule has 0 aliphatic rings. The second-order valence-electron chi connectivity index (χ2n) is 4.00. The van der Waals surface area contributed by atoms with E-state index in [0.717, 1.165) is 29.2 Å². The fourth-order valence-electron chi connectivity index (χ4n) is 1.69. The van der Waals surface area contributed by atoms with E-state index in [2.05, 4.69) is 5.32 Å². The third-order valence-corrected chi connectivity index (χ3v) is 3.76. The number of hydrogen-bond donors (Lipinski definition) is 2. The van der Waals surface area contributed by atoms with Crippen LogP contribution in [0.3, 0.4) is 0 Å². The van der Waals surface area contributed by atoms with Crippen molar-refractivity contribution in [2.24, 2.45) is 0 Å². The average Bonchev–Trinajstić information content (AvgIpc) is 2.94. The number of furan rings is 1.